The van der Waals surface area contributed by atoms with Gasteiger partial charge in [-0.2, -0.15) is 0 Å². The lowest BCUT2D eigenvalue weighted by Gasteiger charge is -2.17. The van der Waals surface area contributed by atoms with E-state index in [1.165, 1.54) is 12.0 Å². The molecule has 1 aromatic heterocycles. The highest BCUT2D eigenvalue weighted by molar-refractivity contribution is 6.33. The molecule has 3 aromatic rings. The summed E-state index contributed by atoms with van der Waals surface area (Å²) in [5.41, 5.74) is 1.17. The van der Waals surface area contributed by atoms with Crippen molar-refractivity contribution in [1.82, 2.24) is 9.88 Å². The van der Waals surface area contributed by atoms with Crippen LogP contribution >= 0.6 is 23.2 Å². The molecule has 0 radical (unpaired) electrons. The van der Waals surface area contributed by atoms with E-state index in [0.29, 0.717) is 39.6 Å². The Morgan fingerprint density at radius 3 is 2.71 bits per heavy atom. The van der Waals surface area contributed by atoms with E-state index in [-0.39, 0.29) is 24.8 Å². The first-order valence-electron chi connectivity index (χ1n) is 9.44. The molecule has 0 spiro atoms. The number of benzene rings is 2. The number of rotatable bonds is 8. The van der Waals surface area contributed by atoms with Crippen LogP contribution in [0.4, 0.5) is 5.69 Å². The first kappa shape index (κ1) is 22.7. The van der Waals surface area contributed by atoms with Gasteiger partial charge < -0.3 is 19.4 Å². The Labute approximate surface area is 189 Å². The van der Waals surface area contributed by atoms with E-state index in [0.717, 1.165) is 5.56 Å². The highest BCUT2D eigenvalue weighted by Crippen LogP contribution is 2.29. The molecule has 2 aromatic carbocycles. The number of carbonyl (C=O) groups excluding carboxylic acids is 2. The maximum atomic E-state index is 12.4. The molecular weight excluding hydrogens is 441 g/mol. The molecule has 0 saturated heterocycles. The lowest BCUT2D eigenvalue weighted by atomic mass is 10.2. The van der Waals surface area contributed by atoms with Crippen LogP contribution in [0.3, 0.4) is 0 Å². The van der Waals surface area contributed by atoms with Crippen molar-refractivity contribution in [2.75, 3.05) is 26.0 Å². The lowest BCUT2D eigenvalue weighted by Crippen LogP contribution is -2.35. The second-order valence-corrected chi connectivity index (χ2v) is 7.58. The van der Waals surface area contributed by atoms with Crippen molar-refractivity contribution < 1.29 is 18.7 Å². The SMILES string of the molecule is COc1ccc(Cl)cc1NC(=O)CN(C)C(=O)CCc1ncc(-c2ccccc2Cl)o1. The summed E-state index contributed by atoms with van der Waals surface area (Å²) in [7, 11) is 3.05. The van der Waals surface area contributed by atoms with Gasteiger partial charge in [-0.3, -0.25) is 9.59 Å². The van der Waals surface area contributed by atoms with Crippen LogP contribution in [0.25, 0.3) is 11.3 Å². The lowest BCUT2D eigenvalue weighted by molar-refractivity contribution is -0.133. The smallest absolute Gasteiger partial charge is 0.244 e. The number of halogens is 2. The van der Waals surface area contributed by atoms with Gasteiger partial charge in [0.05, 0.1) is 30.6 Å². The standard InChI is InChI=1S/C22H21Cl2N3O4/c1-27(13-20(28)26-17-11-14(23)7-8-18(17)30-2)22(29)10-9-21-25-12-19(31-21)15-5-3-4-6-16(15)24/h3-8,11-12H,9-10,13H2,1-2H3,(H,26,28). The zero-order valence-electron chi connectivity index (χ0n) is 17.0. The van der Waals surface area contributed by atoms with E-state index in [2.05, 4.69) is 10.3 Å². The van der Waals surface area contributed by atoms with Gasteiger partial charge in [0, 0.05) is 30.5 Å². The zero-order valence-corrected chi connectivity index (χ0v) is 18.5. The molecular formula is C22H21Cl2N3O4. The van der Waals surface area contributed by atoms with E-state index in [1.807, 2.05) is 18.2 Å². The molecule has 0 atom stereocenters. The van der Waals surface area contributed by atoms with Crippen molar-refractivity contribution in [2.45, 2.75) is 12.8 Å². The van der Waals surface area contributed by atoms with Crippen LogP contribution in [0.2, 0.25) is 10.0 Å². The fourth-order valence-corrected chi connectivity index (χ4v) is 3.29. The molecule has 1 heterocycles. The highest BCUT2D eigenvalue weighted by Gasteiger charge is 2.16. The van der Waals surface area contributed by atoms with Crippen LogP contribution in [0, 0.1) is 0 Å². The molecule has 0 fully saturated rings. The van der Waals surface area contributed by atoms with E-state index in [4.69, 9.17) is 32.4 Å². The maximum absolute atomic E-state index is 12.4. The van der Waals surface area contributed by atoms with Crippen LogP contribution in [-0.4, -0.2) is 42.4 Å². The molecule has 31 heavy (non-hydrogen) atoms. The van der Waals surface area contributed by atoms with Crippen molar-refractivity contribution in [2.24, 2.45) is 0 Å². The minimum atomic E-state index is -0.367. The number of methoxy groups -OCH3 is 1. The summed E-state index contributed by atoms with van der Waals surface area (Å²) in [6.45, 7) is -0.120. The van der Waals surface area contributed by atoms with Crippen LogP contribution in [0.5, 0.6) is 5.75 Å². The Hall–Kier alpha value is -3.03. The second-order valence-electron chi connectivity index (χ2n) is 6.74. The van der Waals surface area contributed by atoms with Gasteiger partial charge in [0.15, 0.2) is 11.7 Å². The number of anilines is 1. The molecule has 9 heteroatoms. The number of aryl methyl sites for hydroxylation is 1. The summed E-state index contributed by atoms with van der Waals surface area (Å²) >= 11 is 12.1. The topological polar surface area (TPSA) is 84.7 Å². The van der Waals surface area contributed by atoms with Crippen LogP contribution in [-0.2, 0) is 16.0 Å². The average Bonchev–Trinajstić information content (AvgIpc) is 3.21. The van der Waals surface area contributed by atoms with Gasteiger partial charge >= 0.3 is 0 Å². The monoisotopic (exact) mass is 461 g/mol. The Bertz CT molecular complexity index is 1080. The van der Waals surface area contributed by atoms with Gasteiger partial charge in [-0.05, 0) is 30.3 Å². The Kier molecular flexibility index (Phi) is 7.55. The average molecular weight is 462 g/mol. The number of ether oxygens (including phenoxy) is 1. The predicted molar refractivity (Wildman–Crippen MR) is 120 cm³/mol. The highest BCUT2D eigenvalue weighted by atomic mass is 35.5. The van der Waals surface area contributed by atoms with E-state index in [9.17, 15) is 9.59 Å². The zero-order chi connectivity index (χ0) is 22.4. The maximum Gasteiger partial charge on any atom is 0.244 e. The molecule has 0 saturated carbocycles. The fraction of sp³-hybridized carbons (Fsp3) is 0.227. The van der Waals surface area contributed by atoms with E-state index < -0.39 is 0 Å². The van der Waals surface area contributed by atoms with Gasteiger partial charge in [-0.1, -0.05) is 35.3 Å². The van der Waals surface area contributed by atoms with Crippen molar-refractivity contribution in [3.63, 3.8) is 0 Å². The number of hydrogen-bond donors (Lipinski definition) is 1. The summed E-state index contributed by atoms with van der Waals surface area (Å²) < 4.78 is 10.9. The van der Waals surface area contributed by atoms with Crippen molar-refractivity contribution in [3.8, 4) is 17.1 Å². The van der Waals surface area contributed by atoms with Crippen molar-refractivity contribution in [3.05, 3.63) is 64.6 Å². The second kappa shape index (κ2) is 10.3. The molecule has 7 nitrogen and oxygen atoms in total. The van der Waals surface area contributed by atoms with Crippen molar-refractivity contribution in [1.29, 1.82) is 0 Å². The first-order chi connectivity index (χ1) is 14.9. The van der Waals surface area contributed by atoms with Gasteiger partial charge in [0.2, 0.25) is 11.8 Å². The number of hydrogen-bond acceptors (Lipinski definition) is 5. The Morgan fingerprint density at radius 2 is 1.97 bits per heavy atom. The minimum absolute atomic E-state index is 0.120. The first-order valence-corrected chi connectivity index (χ1v) is 10.2. The number of likely N-dealkylation sites (N-methyl/N-ethyl adjacent to an activating group) is 1. The predicted octanol–water partition coefficient (Wildman–Crippen LogP) is 4.69. The molecule has 0 unspecified atom stereocenters. The number of oxazole rings is 1. The molecule has 3 rings (SSSR count). The number of carbonyl (C=O) groups is 2. The third-order valence-electron chi connectivity index (χ3n) is 4.49. The van der Waals surface area contributed by atoms with Gasteiger partial charge in [-0.15, -0.1) is 0 Å². The quantitative estimate of drug-likeness (QED) is 0.525. The summed E-state index contributed by atoms with van der Waals surface area (Å²) in [6.07, 6.45) is 2.03. The minimum Gasteiger partial charge on any atom is -0.495 e. The molecule has 0 aliphatic carbocycles. The molecule has 1 N–H and O–H groups in total. The Balaban J connectivity index is 1.53. The van der Waals surface area contributed by atoms with Crippen molar-refractivity contribution >= 4 is 40.7 Å². The summed E-state index contributed by atoms with van der Waals surface area (Å²) in [5.74, 6) is 0.852. The summed E-state index contributed by atoms with van der Waals surface area (Å²) in [5, 5.41) is 3.72. The van der Waals surface area contributed by atoms with Crippen LogP contribution in [0.15, 0.2) is 53.1 Å². The molecule has 2 amide bonds. The van der Waals surface area contributed by atoms with Crippen LogP contribution < -0.4 is 10.1 Å². The number of nitrogens with zero attached hydrogens (tertiary/aromatic N) is 2. The molecule has 0 bridgehead atoms. The van der Waals surface area contributed by atoms with E-state index in [1.54, 1.807) is 37.5 Å². The number of nitrogens with one attached hydrogen (secondary N) is 1. The third kappa shape index (κ3) is 5.99. The van der Waals surface area contributed by atoms with Gasteiger partial charge in [0.1, 0.15) is 5.75 Å². The van der Waals surface area contributed by atoms with Gasteiger partial charge in [0.25, 0.3) is 0 Å². The largest absolute Gasteiger partial charge is 0.495 e. The molecule has 162 valence electrons. The number of aromatic nitrogens is 1. The normalized spacial score (nSPS) is 10.6. The number of amides is 2. The molecule has 0 aliphatic heterocycles. The van der Waals surface area contributed by atoms with Gasteiger partial charge in [-0.25, -0.2) is 4.98 Å². The van der Waals surface area contributed by atoms with Crippen LogP contribution in [0.1, 0.15) is 12.3 Å². The molecule has 0 aliphatic rings. The van der Waals surface area contributed by atoms with E-state index >= 15 is 0 Å². The Morgan fingerprint density at radius 1 is 1.19 bits per heavy atom. The summed E-state index contributed by atoms with van der Waals surface area (Å²) in [6, 6.07) is 12.2. The third-order valence-corrected chi connectivity index (χ3v) is 5.05. The fourth-order valence-electron chi connectivity index (χ4n) is 2.89. The summed E-state index contributed by atoms with van der Waals surface area (Å²) in [4.78, 5) is 30.3.